The summed E-state index contributed by atoms with van der Waals surface area (Å²) in [6, 6.07) is 15.4. The number of aromatic nitrogens is 6. The molecule has 0 radical (unpaired) electrons. The van der Waals surface area contributed by atoms with Crippen LogP contribution in [0.15, 0.2) is 61.1 Å². The number of imidazole rings is 1. The number of nitrogens with zero attached hydrogens (tertiary/aromatic N) is 4. The van der Waals surface area contributed by atoms with E-state index in [0.717, 1.165) is 39.4 Å². The van der Waals surface area contributed by atoms with Gasteiger partial charge < -0.3 is 15.6 Å². The summed E-state index contributed by atoms with van der Waals surface area (Å²) in [5.74, 6) is -0.186. The second-order valence-electron chi connectivity index (χ2n) is 7.86. The minimum absolute atomic E-state index is 0.186. The predicted molar refractivity (Wildman–Crippen MR) is 134 cm³/mol. The molecule has 0 aliphatic rings. The first kappa shape index (κ1) is 21.2. The molecule has 0 saturated carbocycles. The number of H-pyrrole nitrogens is 2. The molecule has 0 aliphatic carbocycles. The summed E-state index contributed by atoms with van der Waals surface area (Å²) in [5, 5.41) is 19.2. The first-order valence-electron chi connectivity index (χ1n) is 11.0. The van der Waals surface area contributed by atoms with Crippen molar-refractivity contribution < 1.29 is 4.79 Å². The number of aromatic amines is 2. The number of rotatable bonds is 7. The lowest BCUT2D eigenvalue weighted by atomic mass is 10.1. The number of benzene rings is 2. The van der Waals surface area contributed by atoms with Crippen molar-refractivity contribution in [1.29, 1.82) is 0 Å². The van der Waals surface area contributed by atoms with Gasteiger partial charge in [0.25, 0.3) is 5.91 Å². The van der Waals surface area contributed by atoms with E-state index in [-0.39, 0.29) is 5.91 Å². The highest BCUT2D eigenvalue weighted by Crippen LogP contribution is 2.25. The quantitative estimate of drug-likeness (QED) is 0.278. The van der Waals surface area contributed by atoms with Crippen molar-refractivity contribution in [3.63, 3.8) is 0 Å². The van der Waals surface area contributed by atoms with E-state index in [1.165, 1.54) is 0 Å². The molecule has 0 atom stereocenters. The number of hydrogen-bond acceptors (Lipinski definition) is 5. The molecule has 4 N–H and O–H groups in total. The van der Waals surface area contributed by atoms with Crippen LogP contribution in [0.4, 0.5) is 17.1 Å². The summed E-state index contributed by atoms with van der Waals surface area (Å²) in [6.07, 6.45) is 7.27. The van der Waals surface area contributed by atoms with Crippen LogP contribution >= 0.6 is 0 Å². The van der Waals surface area contributed by atoms with Gasteiger partial charge in [0.1, 0.15) is 5.69 Å². The average molecular weight is 453 g/mol. The number of carbonyl (C=O) groups is 1. The smallest absolute Gasteiger partial charge is 0.273 e. The van der Waals surface area contributed by atoms with E-state index in [9.17, 15) is 4.79 Å². The molecular formula is C25H24N8O. The minimum atomic E-state index is -0.186. The van der Waals surface area contributed by atoms with Gasteiger partial charge in [0.15, 0.2) is 0 Å². The monoisotopic (exact) mass is 452 g/mol. The molecule has 0 aliphatic heterocycles. The Morgan fingerprint density at radius 3 is 2.76 bits per heavy atom. The van der Waals surface area contributed by atoms with Gasteiger partial charge in [-0.2, -0.15) is 10.2 Å². The molecular weight excluding hydrogens is 428 g/mol. The number of aryl methyl sites for hydroxylation is 2. The Balaban J connectivity index is 1.31. The van der Waals surface area contributed by atoms with E-state index >= 15 is 0 Å². The largest absolute Gasteiger partial charge is 0.355 e. The van der Waals surface area contributed by atoms with Gasteiger partial charge in [-0.15, -0.1) is 0 Å². The Morgan fingerprint density at radius 2 is 1.94 bits per heavy atom. The maximum Gasteiger partial charge on any atom is 0.273 e. The standard InChI is InChI=1S/C25H24N8O/c1-3-33-24(11-16(2)32-33)25(34)29-18-6-4-5-17(12-18)28-19-7-9-21-22(30-31-23(21)13-19)10-8-20-14-26-15-27-20/h4-15,28H,3H2,1-2H3,(H,26,27)(H,29,34)(H,30,31). The second kappa shape index (κ2) is 9.07. The third kappa shape index (κ3) is 4.44. The first-order chi connectivity index (χ1) is 16.6. The maximum absolute atomic E-state index is 12.7. The number of carbonyl (C=O) groups excluding carboxylic acids is 1. The van der Waals surface area contributed by atoms with E-state index in [4.69, 9.17) is 0 Å². The van der Waals surface area contributed by atoms with Crippen LogP contribution in [0, 0.1) is 6.92 Å². The Bertz CT molecular complexity index is 1480. The molecule has 9 heteroatoms. The molecule has 2 aromatic carbocycles. The van der Waals surface area contributed by atoms with Crippen LogP contribution in [-0.4, -0.2) is 35.9 Å². The van der Waals surface area contributed by atoms with Crippen LogP contribution in [0.1, 0.15) is 34.5 Å². The van der Waals surface area contributed by atoms with Gasteiger partial charge in [0, 0.05) is 29.0 Å². The molecule has 0 spiro atoms. The molecule has 3 heterocycles. The van der Waals surface area contributed by atoms with Crippen molar-refractivity contribution in [3.05, 3.63) is 83.8 Å². The molecule has 5 rings (SSSR count). The Morgan fingerprint density at radius 1 is 1.09 bits per heavy atom. The summed E-state index contributed by atoms with van der Waals surface area (Å²) >= 11 is 0. The van der Waals surface area contributed by atoms with Gasteiger partial charge in [-0.05, 0) is 68.5 Å². The summed E-state index contributed by atoms with van der Waals surface area (Å²) in [5.41, 5.74) is 6.50. The van der Waals surface area contributed by atoms with Gasteiger partial charge in [-0.1, -0.05) is 6.07 Å². The molecule has 0 saturated heterocycles. The number of amides is 1. The lowest BCUT2D eigenvalue weighted by Gasteiger charge is -2.10. The van der Waals surface area contributed by atoms with Gasteiger partial charge >= 0.3 is 0 Å². The number of anilines is 3. The molecule has 5 aromatic rings. The van der Waals surface area contributed by atoms with Crippen molar-refractivity contribution in [2.75, 3.05) is 10.6 Å². The molecule has 34 heavy (non-hydrogen) atoms. The molecule has 3 aromatic heterocycles. The van der Waals surface area contributed by atoms with Gasteiger partial charge in [-0.3, -0.25) is 14.6 Å². The summed E-state index contributed by atoms with van der Waals surface area (Å²) in [7, 11) is 0. The SMILES string of the molecule is CCn1nc(C)cc1C(=O)Nc1cccc(Nc2ccc3c(C=Cc4cnc[nH]4)n[nH]c3c2)c1. The van der Waals surface area contributed by atoms with Crippen molar-refractivity contribution in [2.45, 2.75) is 20.4 Å². The van der Waals surface area contributed by atoms with Crippen LogP contribution in [0.25, 0.3) is 23.1 Å². The minimum Gasteiger partial charge on any atom is -0.355 e. The van der Waals surface area contributed by atoms with Crippen LogP contribution in [0.5, 0.6) is 0 Å². The zero-order valence-corrected chi connectivity index (χ0v) is 18.8. The fourth-order valence-corrected chi connectivity index (χ4v) is 3.78. The van der Waals surface area contributed by atoms with Crippen LogP contribution in [0.3, 0.4) is 0 Å². The van der Waals surface area contributed by atoms with Crippen molar-refractivity contribution in [1.82, 2.24) is 29.9 Å². The lowest BCUT2D eigenvalue weighted by Crippen LogP contribution is -2.17. The fraction of sp³-hybridized carbons (Fsp3) is 0.120. The molecule has 9 nitrogen and oxygen atoms in total. The zero-order valence-electron chi connectivity index (χ0n) is 18.8. The van der Waals surface area contributed by atoms with Gasteiger partial charge in [0.05, 0.1) is 35.1 Å². The second-order valence-corrected chi connectivity index (χ2v) is 7.86. The van der Waals surface area contributed by atoms with E-state index < -0.39 is 0 Å². The van der Waals surface area contributed by atoms with Crippen molar-refractivity contribution >= 4 is 46.0 Å². The normalized spacial score (nSPS) is 11.4. The molecule has 1 amide bonds. The molecule has 0 bridgehead atoms. The van der Waals surface area contributed by atoms with Crippen LogP contribution in [-0.2, 0) is 6.54 Å². The predicted octanol–water partition coefficient (Wildman–Crippen LogP) is 4.98. The van der Waals surface area contributed by atoms with E-state index in [1.807, 2.05) is 68.5 Å². The molecule has 0 fully saturated rings. The van der Waals surface area contributed by atoms with Crippen LogP contribution in [0.2, 0.25) is 0 Å². The highest BCUT2D eigenvalue weighted by molar-refractivity contribution is 6.03. The Kier molecular flexibility index (Phi) is 5.65. The highest BCUT2D eigenvalue weighted by Gasteiger charge is 2.13. The summed E-state index contributed by atoms with van der Waals surface area (Å²) in [6.45, 7) is 4.47. The zero-order chi connectivity index (χ0) is 23.5. The third-order valence-electron chi connectivity index (χ3n) is 5.38. The van der Waals surface area contributed by atoms with E-state index in [2.05, 4.69) is 35.9 Å². The summed E-state index contributed by atoms with van der Waals surface area (Å²) < 4.78 is 1.70. The van der Waals surface area contributed by atoms with Gasteiger partial charge in [0.2, 0.25) is 0 Å². The molecule has 0 unspecified atom stereocenters. The number of fused-ring (bicyclic) bond motifs is 1. The van der Waals surface area contributed by atoms with Crippen molar-refractivity contribution in [2.24, 2.45) is 0 Å². The highest BCUT2D eigenvalue weighted by atomic mass is 16.2. The maximum atomic E-state index is 12.7. The molecule has 170 valence electrons. The Hall–Kier alpha value is -4.66. The Labute approximate surface area is 195 Å². The van der Waals surface area contributed by atoms with E-state index in [0.29, 0.717) is 17.9 Å². The van der Waals surface area contributed by atoms with E-state index in [1.54, 1.807) is 23.3 Å². The van der Waals surface area contributed by atoms with Gasteiger partial charge in [-0.25, -0.2) is 4.98 Å². The first-order valence-corrected chi connectivity index (χ1v) is 11.0. The van der Waals surface area contributed by atoms with Crippen LogP contribution < -0.4 is 10.6 Å². The van der Waals surface area contributed by atoms with Crippen molar-refractivity contribution in [3.8, 4) is 0 Å². The third-order valence-corrected chi connectivity index (χ3v) is 5.38. The topological polar surface area (TPSA) is 116 Å². The average Bonchev–Trinajstić information content (AvgIpc) is 3.57. The number of nitrogens with one attached hydrogen (secondary N) is 4. The number of hydrogen-bond donors (Lipinski definition) is 4. The summed E-state index contributed by atoms with van der Waals surface area (Å²) in [4.78, 5) is 19.8. The lowest BCUT2D eigenvalue weighted by molar-refractivity contribution is 0.101. The fourth-order valence-electron chi connectivity index (χ4n) is 3.78.